The Morgan fingerprint density at radius 2 is 1.76 bits per heavy atom. The lowest BCUT2D eigenvalue weighted by molar-refractivity contribution is 0.306. The summed E-state index contributed by atoms with van der Waals surface area (Å²) < 4.78 is 5.82. The minimum atomic E-state index is 0.392. The van der Waals surface area contributed by atoms with E-state index in [-0.39, 0.29) is 0 Å². The largest absolute Gasteiger partial charge is 0.489 e. The quantitative estimate of drug-likeness (QED) is 0.284. The molecule has 3 aromatic carbocycles. The second-order valence-corrected chi connectivity index (χ2v) is 7.37. The lowest BCUT2D eigenvalue weighted by Crippen LogP contribution is -2.31. The van der Waals surface area contributed by atoms with Crippen LogP contribution >= 0.6 is 35.4 Å². The van der Waals surface area contributed by atoms with Crippen molar-refractivity contribution >= 4 is 46.7 Å². The van der Waals surface area contributed by atoms with Crippen LogP contribution in [0.1, 0.15) is 16.7 Å². The summed E-state index contributed by atoms with van der Waals surface area (Å²) in [4.78, 5) is 0. The van der Waals surface area contributed by atoms with Gasteiger partial charge in [-0.05, 0) is 53.2 Å². The van der Waals surface area contributed by atoms with Crippen molar-refractivity contribution in [1.29, 1.82) is 0 Å². The van der Waals surface area contributed by atoms with E-state index in [0.717, 1.165) is 22.4 Å². The molecular formula is C22H19Cl2N3OS. The zero-order chi connectivity index (χ0) is 20.5. The Hall–Kier alpha value is -2.60. The third-order valence-corrected chi connectivity index (χ3v) is 4.90. The maximum atomic E-state index is 6.03. The Kier molecular flexibility index (Phi) is 7.87. The second-order valence-electron chi connectivity index (χ2n) is 6.15. The molecule has 3 aromatic rings. The van der Waals surface area contributed by atoms with Crippen LogP contribution in [0.4, 0.5) is 0 Å². The number of halogens is 2. The Bertz CT molecular complexity index is 996. The first-order valence-corrected chi connectivity index (χ1v) is 10.0. The van der Waals surface area contributed by atoms with Crippen LogP contribution in [0.25, 0.3) is 0 Å². The van der Waals surface area contributed by atoms with E-state index in [4.69, 9.17) is 40.2 Å². The van der Waals surface area contributed by atoms with Crippen molar-refractivity contribution < 1.29 is 4.74 Å². The highest BCUT2D eigenvalue weighted by molar-refractivity contribution is 7.80. The molecule has 0 aliphatic carbocycles. The molecule has 0 aliphatic rings. The van der Waals surface area contributed by atoms with Crippen LogP contribution in [0.2, 0.25) is 10.0 Å². The van der Waals surface area contributed by atoms with Gasteiger partial charge in [0.1, 0.15) is 12.4 Å². The summed E-state index contributed by atoms with van der Waals surface area (Å²) in [6, 6.07) is 23.1. The Labute approximate surface area is 185 Å². The zero-order valence-electron chi connectivity index (χ0n) is 15.4. The van der Waals surface area contributed by atoms with E-state index in [1.807, 2.05) is 60.7 Å². The minimum absolute atomic E-state index is 0.392. The fourth-order valence-corrected chi connectivity index (χ4v) is 2.91. The molecule has 0 atom stereocenters. The van der Waals surface area contributed by atoms with Crippen molar-refractivity contribution in [2.45, 2.75) is 13.2 Å². The first kappa shape index (κ1) is 21.1. The summed E-state index contributed by atoms with van der Waals surface area (Å²) >= 11 is 17.2. The van der Waals surface area contributed by atoms with Crippen molar-refractivity contribution in [3.63, 3.8) is 0 Å². The monoisotopic (exact) mass is 443 g/mol. The van der Waals surface area contributed by atoms with Gasteiger partial charge in [0.2, 0.25) is 0 Å². The molecule has 0 unspecified atom stereocenters. The van der Waals surface area contributed by atoms with E-state index in [9.17, 15) is 0 Å². The third-order valence-electron chi connectivity index (χ3n) is 3.92. The van der Waals surface area contributed by atoms with Gasteiger partial charge in [0.25, 0.3) is 0 Å². The predicted octanol–water partition coefficient (Wildman–Crippen LogP) is 5.57. The molecule has 0 aliphatic heterocycles. The van der Waals surface area contributed by atoms with Crippen molar-refractivity contribution in [2.75, 3.05) is 0 Å². The van der Waals surface area contributed by atoms with E-state index in [1.54, 1.807) is 18.3 Å². The maximum absolute atomic E-state index is 6.03. The number of thiocarbonyl (C=S) groups is 1. The standard InChI is InChI=1S/C22H19Cl2N3OS/c23-20-10-9-18(12-21(20)24)15-28-19-8-4-7-17(11-19)14-26-27-22(29)25-13-16-5-2-1-3-6-16/h1-12,14H,13,15H2,(H2,25,27,29)/b26-14+. The van der Waals surface area contributed by atoms with Gasteiger partial charge in [0.15, 0.2) is 5.11 Å². The van der Waals surface area contributed by atoms with Crippen LogP contribution in [0.15, 0.2) is 77.9 Å². The molecule has 0 spiro atoms. The van der Waals surface area contributed by atoms with E-state index in [1.165, 1.54) is 0 Å². The number of hydrogen-bond acceptors (Lipinski definition) is 3. The summed E-state index contributed by atoms with van der Waals surface area (Å²) in [5.74, 6) is 0.727. The number of nitrogens with zero attached hydrogens (tertiary/aromatic N) is 1. The average molecular weight is 444 g/mol. The molecule has 3 rings (SSSR count). The molecule has 0 heterocycles. The molecule has 0 aromatic heterocycles. The first-order chi connectivity index (χ1) is 14.1. The number of benzene rings is 3. The molecule has 29 heavy (non-hydrogen) atoms. The molecule has 0 bridgehead atoms. The van der Waals surface area contributed by atoms with Gasteiger partial charge in [0, 0.05) is 6.54 Å². The average Bonchev–Trinajstić information content (AvgIpc) is 2.74. The lowest BCUT2D eigenvalue weighted by atomic mass is 10.2. The van der Waals surface area contributed by atoms with Crippen molar-refractivity contribution in [3.05, 3.63) is 99.5 Å². The first-order valence-electron chi connectivity index (χ1n) is 8.88. The minimum Gasteiger partial charge on any atom is -0.489 e. The van der Waals surface area contributed by atoms with E-state index >= 15 is 0 Å². The molecule has 0 fully saturated rings. The predicted molar refractivity (Wildman–Crippen MR) is 124 cm³/mol. The molecule has 0 amide bonds. The molecule has 2 N–H and O–H groups in total. The van der Waals surface area contributed by atoms with Gasteiger partial charge in [0.05, 0.1) is 16.3 Å². The normalized spacial score (nSPS) is 10.7. The molecule has 148 valence electrons. The van der Waals surface area contributed by atoms with Crippen molar-refractivity contribution in [3.8, 4) is 5.75 Å². The molecule has 0 saturated carbocycles. The molecule has 0 radical (unpaired) electrons. The number of hydrogen-bond donors (Lipinski definition) is 2. The number of rotatable bonds is 7. The Balaban J connectivity index is 1.48. The van der Waals surface area contributed by atoms with Crippen LogP contribution in [-0.2, 0) is 13.2 Å². The summed E-state index contributed by atoms with van der Waals surface area (Å²) in [6.45, 7) is 1.03. The molecule has 4 nitrogen and oxygen atoms in total. The van der Waals surface area contributed by atoms with Crippen molar-refractivity contribution in [1.82, 2.24) is 10.7 Å². The highest BCUT2D eigenvalue weighted by Crippen LogP contribution is 2.23. The van der Waals surface area contributed by atoms with Crippen molar-refractivity contribution in [2.24, 2.45) is 5.10 Å². The smallest absolute Gasteiger partial charge is 0.187 e. The van der Waals surface area contributed by atoms with Gasteiger partial charge in [-0.25, -0.2) is 0 Å². The van der Waals surface area contributed by atoms with Gasteiger partial charge < -0.3 is 10.1 Å². The van der Waals surface area contributed by atoms with Crippen LogP contribution in [0, 0.1) is 0 Å². The third kappa shape index (κ3) is 7.06. The van der Waals surface area contributed by atoms with Gasteiger partial charge in [-0.15, -0.1) is 0 Å². The molecule has 7 heteroatoms. The Morgan fingerprint density at radius 3 is 2.55 bits per heavy atom. The second kappa shape index (κ2) is 10.8. The van der Waals surface area contributed by atoms with Gasteiger partial charge in [-0.1, -0.05) is 71.7 Å². The summed E-state index contributed by atoms with van der Waals surface area (Å²) in [7, 11) is 0. The fraction of sp³-hybridized carbons (Fsp3) is 0.0909. The Morgan fingerprint density at radius 1 is 0.931 bits per heavy atom. The SMILES string of the molecule is S=C(NCc1ccccc1)N/N=C/c1cccc(OCc2ccc(Cl)c(Cl)c2)c1. The molecular weight excluding hydrogens is 425 g/mol. The highest BCUT2D eigenvalue weighted by atomic mass is 35.5. The van der Waals surface area contributed by atoms with Gasteiger partial charge in [-0.2, -0.15) is 5.10 Å². The highest BCUT2D eigenvalue weighted by Gasteiger charge is 2.01. The maximum Gasteiger partial charge on any atom is 0.187 e. The number of nitrogens with one attached hydrogen (secondary N) is 2. The zero-order valence-corrected chi connectivity index (χ0v) is 17.8. The van der Waals surface area contributed by atoms with Gasteiger partial charge in [-0.3, -0.25) is 5.43 Å². The lowest BCUT2D eigenvalue weighted by Gasteiger charge is -2.08. The summed E-state index contributed by atoms with van der Waals surface area (Å²) in [5, 5.41) is 8.77. The van der Waals surface area contributed by atoms with Crippen LogP contribution in [0.3, 0.4) is 0 Å². The summed E-state index contributed by atoms with van der Waals surface area (Å²) in [6.07, 6.45) is 1.68. The van der Waals surface area contributed by atoms with E-state index in [2.05, 4.69) is 15.8 Å². The topological polar surface area (TPSA) is 45.7 Å². The fourth-order valence-electron chi connectivity index (χ4n) is 2.46. The van der Waals surface area contributed by atoms with E-state index in [0.29, 0.717) is 28.3 Å². The number of hydrazone groups is 1. The van der Waals surface area contributed by atoms with Crippen LogP contribution in [0.5, 0.6) is 5.75 Å². The van der Waals surface area contributed by atoms with E-state index < -0.39 is 0 Å². The summed E-state index contributed by atoms with van der Waals surface area (Å²) in [5.41, 5.74) is 5.78. The van der Waals surface area contributed by atoms with Crippen LogP contribution < -0.4 is 15.5 Å². The number of ether oxygens (including phenoxy) is 1. The van der Waals surface area contributed by atoms with Crippen LogP contribution in [-0.4, -0.2) is 11.3 Å². The van der Waals surface area contributed by atoms with Gasteiger partial charge >= 0.3 is 0 Å². The molecule has 0 saturated heterocycles.